The Morgan fingerprint density at radius 2 is 1.13 bits per heavy atom. The van der Waals surface area contributed by atoms with Crippen LogP contribution in [0.25, 0.3) is 11.0 Å². The second kappa shape index (κ2) is 18.0. The molecule has 0 spiro atoms. The predicted octanol–water partition coefficient (Wildman–Crippen LogP) is 5.21. The number of nitrogens with zero attached hydrogens (tertiary/aromatic N) is 2. The second-order valence-corrected chi connectivity index (χ2v) is 8.94. The number of aromatic nitrogens is 2. The number of hydrogen-bond donors (Lipinski definition) is 0. The van der Waals surface area contributed by atoms with Crippen molar-refractivity contribution in [3.8, 4) is 0 Å². The van der Waals surface area contributed by atoms with Crippen LogP contribution in [0.2, 0.25) is 0 Å². The lowest BCUT2D eigenvalue weighted by molar-refractivity contribution is -0.672. The third kappa shape index (κ3) is 10.6. The smallest absolute Gasteiger partial charge is 0.244 e. The zero-order valence-corrected chi connectivity index (χ0v) is 22.0. The van der Waals surface area contributed by atoms with Crippen LogP contribution < -0.4 is 28.5 Å². The van der Waals surface area contributed by atoms with Gasteiger partial charge in [0.1, 0.15) is 0 Å². The van der Waals surface area contributed by atoms with E-state index < -0.39 is 0 Å². The summed E-state index contributed by atoms with van der Waals surface area (Å²) in [6.45, 7) is 6.92. The molecule has 0 aliphatic heterocycles. The minimum atomic E-state index is 0. The first-order valence-electron chi connectivity index (χ1n) is 12.8. The molecule has 0 saturated carbocycles. The number of halogens is 1. The first-order chi connectivity index (χ1) is 14.4. The summed E-state index contributed by atoms with van der Waals surface area (Å²) in [4.78, 5) is 0. The Kier molecular flexibility index (Phi) is 16.5. The molecule has 0 saturated heterocycles. The maximum absolute atomic E-state index is 2.50. The number of aryl methyl sites for hydroxylation is 2. The summed E-state index contributed by atoms with van der Waals surface area (Å²) in [5.74, 6) is 0. The van der Waals surface area contributed by atoms with Crippen molar-refractivity contribution < 1.29 is 28.5 Å². The molecule has 0 aliphatic rings. The number of hydrogen-bond acceptors (Lipinski definition) is 0. The van der Waals surface area contributed by atoms with Gasteiger partial charge in [0.05, 0.1) is 13.1 Å². The molecule has 0 bridgehead atoms. The maximum Gasteiger partial charge on any atom is 0.244 e. The SMILES string of the molecule is CCCCCCCCCCn1c[n+](CCCCCCCCCC)c2ccccc21.[I-]. The number of para-hydroxylation sites is 2. The van der Waals surface area contributed by atoms with E-state index in [1.165, 1.54) is 127 Å². The Balaban J connectivity index is 0.00000450. The van der Waals surface area contributed by atoms with Crippen LogP contribution in [-0.4, -0.2) is 4.57 Å². The Bertz CT molecular complexity index is 595. The number of benzene rings is 1. The number of imidazole rings is 1. The molecule has 3 heteroatoms. The molecule has 0 N–H and O–H groups in total. The molecule has 1 heterocycles. The zero-order valence-electron chi connectivity index (χ0n) is 19.9. The van der Waals surface area contributed by atoms with Crippen molar-refractivity contribution in [3.05, 3.63) is 30.6 Å². The van der Waals surface area contributed by atoms with Crippen LogP contribution in [0.3, 0.4) is 0 Å². The van der Waals surface area contributed by atoms with E-state index in [0.717, 1.165) is 0 Å². The molecule has 2 rings (SSSR count). The zero-order chi connectivity index (χ0) is 20.6. The van der Waals surface area contributed by atoms with Crippen LogP contribution in [-0.2, 0) is 13.1 Å². The Labute approximate surface area is 203 Å². The first-order valence-corrected chi connectivity index (χ1v) is 12.8. The van der Waals surface area contributed by atoms with Crippen molar-refractivity contribution in [1.29, 1.82) is 0 Å². The summed E-state index contributed by atoms with van der Waals surface area (Å²) >= 11 is 0. The fourth-order valence-corrected chi connectivity index (χ4v) is 4.43. The normalized spacial score (nSPS) is 11.1. The van der Waals surface area contributed by atoms with E-state index in [0.29, 0.717) is 0 Å². The van der Waals surface area contributed by atoms with E-state index in [1.807, 2.05) is 0 Å². The summed E-state index contributed by atoms with van der Waals surface area (Å²) in [5.41, 5.74) is 2.82. The van der Waals surface area contributed by atoms with Crippen LogP contribution in [0.5, 0.6) is 0 Å². The van der Waals surface area contributed by atoms with Gasteiger partial charge in [-0.25, -0.2) is 9.13 Å². The number of fused-ring (bicyclic) bond motifs is 1. The van der Waals surface area contributed by atoms with Crippen molar-refractivity contribution in [1.82, 2.24) is 4.57 Å². The lowest BCUT2D eigenvalue weighted by Gasteiger charge is -2.01. The van der Waals surface area contributed by atoms with E-state index in [4.69, 9.17) is 0 Å². The molecule has 0 atom stereocenters. The van der Waals surface area contributed by atoms with E-state index in [1.54, 1.807) is 0 Å². The van der Waals surface area contributed by atoms with Crippen molar-refractivity contribution in [2.45, 2.75) is 130 Å². The molecule has 2 nitrogen and oxygen atoms in total. The lowest BCUT2D eigenvalue weighted by atomic mass is 10.1. The van der Waals surface area contributed by atoms with Gasteiger partial charge < -0.3 is 24.0 Å². The fraction of sp³-hybridized carbons (Fsp3) is 0.741. The largest absolute Gasteiger partial charge is 1.00 e. The van der Waals surface area contributed by atoms with Crippen molar-refractivity contribution in [2.75, 3.05) is 0 Å². The third-order valence-electron chi connectivity index (χ3n) is 6.28. The summed E-state index contributed by atoms with van der Waals surface area (Å²) in [5, 5.41) is 0. The molecule has 172 valence electrons. The standard InChI is InChI=1S/C27H47N2.HI/c1-3-5-7-9-11-13-15-19-23-28-25-29(27-22-18-17-21-26(27)28)24-20-16-14-12-10-8-6-4-2;/h17-18,21-22,25H,3-16,19-20,23-24H2,1-2H3;1H/q+1;/p-1. The van der Waals surface area contributed by atoms with Gasteiger partial charge in [0.15, 0.2) is 11.0 Å². The van der Waals surface area contributed by atoms with Gasteiger partial charge in [-0.2, -0.15) is 0 Å². The molecule has 2 aromatic rings. The van der Waals surface area contributed by atoms with E-state index in [9.17, 15) is 0 Å². The van der Waals surface area contributed by atoms with Crippen molar-refractivity contribution >= 4 is 11.0 Å². The van der Waals surface area contributed by atoms with Gasteiger partial charge in [-0.3, -0.25) is 0 Å². The molecule has 1 aromatic carbocycles. The molecule has 0 fully saturated rings. The quantitative estimate of drug-likeness (QED) is 0.143. The molecule has 0 aliphatic carbocycles. The first kappa shape index (κ1) is 27.5. The summed E-state index contributed by atoms with van der Waals surface area (Å²) in [6, 6.07) is 8.97. The van der Waals surface area contributed by atoms with Gasteiger partial charge in [-0.05, 0) is 37.8 Å². The average Bonchev–Trinajstić information content (AvgIpc) is 3.10. The molecule has 0 radical (unpaired) electrons. The highest BCUT2D eigenvalue weighted by Crippen LogP contribution is 2.15. The molecular formula is C27H47IN2. The van der Waals surface area contributed by atoms with E-state index >= 15 is 0 Å². The van der Waals surface area contributed by atoms with Crippen LogP contribution >= 0.6 is 0 Å². The van der Waals surface area contributed by atoms with Gasteiger partial charge in [0.2, 0.25) is 6.33 Å². The Morgan fingerprint density at radius 1 is 0.633 bits per heavy atom. The Morgan fingerprint density at radius 3 is 1.73 bits per heavy atom. The van der Waals surface area contributed by atoms with E-state index in [-0.39, 0.29) is 24.0 Å². The molecule has 1 aromatic heterocycles. The highest BCUT2D eigenvalue weighted by Gasteiger charge is 2.14. The third-order valence-corrected chi connectivity index (χ3v) is 6.28. The molecular weight excluding hydrogens is 479 g/mol. The lowest BCUT2D eigenvalue weighted by Crippen LogP contribution is -3.00. The van der Waals surface area contributed by atoms with Gasteiger partial charge >= 0.3 is 0 Å². The minimum Gasteiger partial charge on any atom is -1.00 e. The van der Waals surface area contributed by atoms with Crippen molar-refractivity contribution in [2.24, 2.45) is 0 Å². The molecule has 0 amide bonds. The summed E-state index contributed by atoms with van der Waals surface area (Å²) < 4.78 is 4.99. The monoisotopic (exact) mass is 526 g/mol. The highest BCUT2D eigenvalue weighted by atomic mass is 127. The van der Waals surface area contributed by atoms with Crippen LogP contribution in [0.1, 0.15) is 117 Å². The highest BCUT2D eigenvalue weighted by molar-refractivity contribution is 5.71. The minimum absolute atomic E-state index is 0. The van der Waals surface area contributed by atoms with Crippen LogP contribution in [0.4, 0.5) is 0 Å². The summed E-state index contributed by atoms with van der Waals surface area (Å²) in [7, 11) is 0. The number of unbranched alkanes of at least 4 members (excludes halogenated alkanes) is 14. The van der Waals surface area contributed by atoms with Gasteiger partial charge in [0, 0.05) is 0 Å². The summed E-state index contributed by atoms with van der Waals surface area (Å²) in [6.07, 6.45) is 24.6. The van der Waals surface area contributed by atoms with Gasteiger partial charge in [-0.15, -0.1) is 0 Å². The maximum atomic E-state index is 2.50. The van der Waals surface area contributed by atoms with Gasteiger partial charge in [-0.1, -0.05) is 103 Å². The topological polar surface area (TPSA) is 8.81 Å². The fourth-order valence-electron chi connectivity index (χ4n) is 4.43. The second-order valence-electron chi connectivity index (χ2n) is 8.94. The average molecular weight is 527 g/mol. The molecule has 0 unspecified atom stereocenters. The van der Waals surface area contributed by atoms with Gasteiger partial charge in [0.25, 0.3) is 0 Å². The molecule has 30 heavy (non-hydrogen) atoms. The van der Waals surface area contributed by atoms with E-state index in [2.05, 4.69) is 53.6 Å². The van der Waals surface area contributed by atoms with Crippen molar-refractivity contribution in [3.63, 3.8) is 0 Å². The number of rotatable bonds is 18. The van der Waals surface area contributed by atoms with Crippen LogP contribution in [0, 0.1) is 0 Å². The van der Waals surface area contributed by atoms with Crippen LogP contribution in [0.15, 0.2) is 30.6 Å². The Hall–Kier alpha value is -0.580. The predicted molar refractivity (Wildman–Crippen MR) is 127 cm³/mol.